The van der Waals surface area contributed by atoms with E-state index in [-0.39, 0.29) is 23.5 Å². The van der Waals surface area contributed by atoms with Gasteiger partial charge in [0.15, 0.2) is 0 Å². The van der Waals surface area contributed by atoms with Gasteiger partial charge in [0, 0.05) is 0 Å². The van der Waals surface area contributed by atoms with E-state index in [4.69, 9.17) is 0 Å². The Morgan fingerprint density at radius 3 is 1.90 bits per heavy atom. The van der Waals surface area contributed by atoms with Crippen LogP contribution in [0.1, 0.15) is 54.0 Å². The van der Waals surface area contributed by atoms with Crippen LogP contribution < -0.4 is 5.32 Å². The van der Waals surface area contributed by atoms with Gasteiger partial charge in [-0.05, 0) is 73.5 Å². The van der Waals surface area contributed by atoms with Gasteiger partial charge in [0.05, 0.1) is 17.2 Å². The lowest BCUT2D eigenvalue weighted by Gasteiger charge is -2.39. The zero-order valence-corrected chi connectivity index (χ0v) is 16.2. The Kier molecular flexibility index (Phi) is 6.48. The minimum atomic E-state index is -4.93. The third kappa shape index (κ3) is 5.16. The second-order valence-corrected chi connectivity index (χ2v) is 7.79. The van der Waals surface area contributed by atoms with Crippen molar-refractivity contribution in [3.05, 3.63) is 70.8 Å². The number of hydrogen-bond acceptors (Lipinski definition) is 2. The van der Waals surface area contributed by atoms with E-state index in [9.17, 15) is 31.4 Å². The number of alkyl halides is 6. The smallest absolute Gasteiger partial charge is 0.388 e. The van der Waals surface area contributed by atoms with E-state index >= 15 is 0 Å². The summed E-state index contributed by atoms with van der Waals surface area (Å²) in [4.78, 5) is 0. The molecule has 0 spiro atoms. The van der Waals surface area contributed by atoms with Crippen LogP contribution in [-0.2, 0) is 17.8 Å². The highest BCUT2D eigenvalue weighted by Crippen LogP contribution is 2.41. The fraction of sp³-hybridized carbons (Fsp3) is 0.455. The third-order valence-electron chi connectivity index (χ3n) is 5.84. The molecule has 30 heavy (non-hydrogen) atoms. The predicted octanol–water partition coefficient (Wildman–Crippen LogP) is 5.86. The van der Waals surface area contributed by atoms with E-state index in [0.29, 0.717) is 18.6 Å². The van der Waals surface area contributed by atoms with Crippen molar-refractivity contribution in [1.29, 1.82) is 0 Å². The molecule has 2 nitrogen and oxygen atoms in total. The molecule has 3 rings (SSSR count). The maximum atomic E-state index is 13.1. The third-order valence-corrected chi connectivity index (χ3v) is 5.84. The monoisotopic (exact) mass is 431 g/mol. The first-order chi connectivity index (χ1) is 14.0. The highest BCUT2D eigenvalue weighted by Gasteiger charge is 2.38. The Labute approximate surface area is 170 Å². The molecule has 0 bridgehead atoms. The summed E-state index contributed by atoms with van der Waals surface area (Å²) in [5.74, 6) is 0. The average molecular weight is 431 g/mol. The van der Waals surface area contributed by atoms with Crippen molar-refractivity contribution >= 4 is 0 Å². The summed E-state index contributed by atoms with van der Waals surface area (Å²) in [6.45, 7) is 1.51. The summed E-state index contributed by atoms with van der Waals surface area (Å²) in [5, 5.41) is 13.8. The summed E-state index contributed by atoms with van der Waals surface area (Å²) in [7, 11) is 0. The second-order valence-electron chi connectivity index (χ2n) is 7.79. The molecule has 1 fully saturated rings. The fourth-order valence-corrected chi connectivity index (χ4v) is 4.13. The minimum Gasteiger partial charge on any atom is -0.388 e. The molecule has 0 aromatic heterocycles. The molecule has 1 saturated heterocycles. The van der Waals surface area contributed by atoms with E-state index in [1.807, 2.05) is 30.3 Å². The molecule has 1 aliphatic heterocycles. The van der Waals surface area contributed by atoms with Gasteiger partial charge in [0.25, 0.3) is 0 Å². The van der Waals surface area contributed by atoms with Crippen molar-refractivity contribution in [2.75, 3.05) is 13.1 Å². The van der Waals surface area contributed by atoms with Crippen LogP contribution in [0.5, 0.6) is 0 Å². The maximum absolute atomic E-state index is 13.1. The van der Waals surface area contributed by atoms with Gasteiger partial charge in [-0.1, -0.05) is 30.3 Å². The van der Waals surface area contributed by atoms with Crippen LogP contribution in [0.25, 0.3) is 0 Å². The summed E-state index contributed by atoms with van der Waals surface area (Å²) in [6.07, 6.45) is -9.22. The number of rotatable bonds is 5. The number of halogens is 6. The zero-order chi connectivity index (χ0) is 22.0. The van der Waals surface area contributed by atoms with Gasteiger partial charge in [-0.3, -0.25) is 0 Å². The number of aliphatic hydroxyl groups is 1. The van der Waals surface area contributed by atoms with E-state index < -0.39 is 29.6 Å². The number of nitrogens with one attached hydrogen (secondary N) is 1. The quantitative estimate of drug-likeness (QED) is 0.582. The number of aliphatic hydroxyl groups excluding tert-OH is 1. The number of benzene rings is 2. The first-order valence-electron chi connectivity index (χ1n) is 9.75. The van der Waals surface area contributed by atoms with Gasteiger partial charge in [-0.25, -0.2) is 0 Å². The molecule has 2 aromatic rings. The Morgan fingerprint density at radius 1 is 0.867 bits per heavy atom. The van der Waals surface area contributed by atoms with Gasteiger partial charge in [0.1, 0.15) is 0 Å². The molecule has 0 aliphatic carbocycles. The van der Waals surface area contributed by atoms with Crippen molar-refractivity contribution < 1.29 is 31.4 Å². The van der Waals surface area contributed by atoms with Crippen LogP contribution in [-0.4, -0.2) is 18.2 Å². The molecule has 0 amide bonds. The van der Waals surface area contributed by atoms with Crippen LogP contribution in [0.3, 0.4) is 0 Å². The van der Waals surface area contributed by atoms with Gasteiger partial charge in [-0.15, -0.1) is 0 Å². The van der Waals surface area contributed by atoms with Crippen LogP contribution >= 0.6 is 0 Å². The number of piperidine rings is 1. The largest absolute Gasteiger partial charge is 0.416 e. The van der Waals surface area contributed by atoms with Gasteiger partial charge in [0.2, 0.25) is 0 Å². The van der Waals surface area contributed by atoms with Gasteiger partial charge in [-0.2, -0.15) is 26.3 Å². The van der Waals surface area contributed by atoms with Crippen LogP contribution in [0.4, 0.5) is 26.3 Å². The van der Waals surface area contributed by atoms with E-state index in [1.165, 1.54) is 0 Å². The minimum absolute atomic E-state index is 0.0630. The lowest BCUT2D eigenvalue weighted by atomic mass is 9.69. The van der Waals surface area contributed by atoms with Gasteiger partial charge < -0.3 is 10.4 Å². The fourth-order valence-electron chi connectivity index (χ4n) is 4.13. The van der Waals surface area contributed by atoms with Crippen molar-refractivity contribution in [2.24, 2.45) is 0 Å². The summed E-state index contributed by atoms with van der Waals surface area (Å²) < 4.78 is 78.6. The Bertz CT molecular complexity index is 809. The highest BCUT2D eigenvalue weighted by molar-refractivity contribution is 5.35. The normalized spacial score (nSPS) is 18.2. The predicted molar refractivity (Wildman–Crippen MR) is 101 cm³/mol. The van der Waals surface area contributed by atoms with E-state index in [0.717, 1.165) is 31.5 Å². The lowest BCUT2D eigenvalue weighted by molar-refractivity contribution is -0.143. The van der Waals surface area contributed by atoms with Crippen molar-refractivity contribution in [2.45, 2.75) is 49.6 Å². The van der Waals surface area contributed by atoms with Crippen LogP contribution in [0, 0.1) is 0 Å². The second kappa shape index (κ2) is 8.59. The Hall–Kier alpha value is -2.06. The molecule has 2 aromatic carbocycles. The van der Waals surface area contributed by atoms with E-state index in [2.05, 4.69) is 5.32 Å². The summed E-state index contributed by atoms with van der Waals surface area (Å²) in [5.41, 5.74) is -2.40. The molecule has 0 saturated carbocycles. The SMILES string of the molecule is O[C@@H](CCC1(c2ccccc2)CCNCC1)c1cc(C(F)(F)F)cc(C(F)(F)F)c1. The highest BCUT2D eigenvalue weighted by atomic mass is 19.4. The lowest BCUT2D eigenvalue weighted by Crippen LogP contribution is -2.40. The Balaban J connectivity index is 1.86. The molecule has 0 unspecified atom stereocenters. The zero-order valence-electron chi connectivity index (χ0n) is 16.2. The molecular formula is C22H23F6NO. The number of hydrogen-bond donors (Lipinski definition) is 2. The van der Waals surface area contributed by atoms with E-state index in [1.54, 1.807) is 0 Å². The molecule has 0 radical (unpaired) electrons. The van der Waals surface area contributed by atoms with Crippen molar-refractivity contribution in [1.82, 2.24) is 5.32 Å². The molecular weight excluding hydrogens is 408 g/mol. The van der Waals surface area contributed by atoms with Crippen molar-refractivity contribution in [3.8, 4) is 0 Å². The van der Waals surface area contributed by atoms with Gasteiger partial charge >= 0.3 is 12.4 Å². The molecule has 164 valence electrons. The maximum Gasteiger partial charge on any atom is 0.416 e. The molecule has 1 heterocycles. The average Bonchev–Trinajstić information content (AvgIpc) is 2.72. The van der Waals surface area contributed by atoms with Crippen LogP contribution in [0.2, 0.25) is 0 Å². The van der Waals surface area contributed by atoms with Crippen molar-refractivity contribution in [3.63, 3.8) is 0 Å². The molecule has 2 N–H and O–H groups in total. The Morgan fingerprint density at radius 2 is 1.40 bits per heavy atom. The standard InChI is InChI=1S/C22H23F6NO/c23-21(24,25)17-12-15(13-18(14-17)22(26,27)28)19(30)6-7-20(8-10-29-11-9-20)16-4-2-1-3-5-16/h1-5,12-14,19,29-30H,6-11H2/t19-/m0/s1. The first kappa shape index (κ1) is 22.6. The van der Waals surface area contributed by atoms with Crippen LogP contribution in [0.15, 0.2) is 48.5 Å². The first-order valence-corrected chi connectivity index (χ1v) is 9.75. The molecule has 8 heteroatoms. The molecule has 1 aliphatic rings. The topological polar surface area (TPSA) is 32.3 Å². The summed E-state index contributed by atoms with van der Waals surface area (Å²) in [6, 6.07) is 10.9. The summed E-state index contributed by atoms with van der Waals surface area (Å²) >= 11 is 0. The molecule has 1 atom stereocenters.